The Labute approximate surface area is 133 Å². The summed E-state index contributed by atoms with van der Waals surface area (Å²) >= 11 is 0. The predicted octanol–water partition coefficient (Wildman–Crippen LogP) is 3.17. The molecule has 0 spiro atoms. The Kier molecular flexibility index (Phi) is 4.29. The molecule has 5 nitrogen and oxygen atoms in total. The zero-order valence-corrected chi connectivity index (χ0v) is 12.6. The molecule has 0 aliphatic heterocycles. The Balaban J connectivity index is 1.91. The summed E-state index contributed by atoms with van der Waals surface area (Å²) in [5, 5.41) is 4.28. The van der Waals surface area contributed by atoms with Crippen molar-refractivity contribution in [2.45, 2.75) is 6.92 Å². The number of carbonyl (C=O) groups is 1. The number of benzene rings is 1. The molecule has 3 rings (SSSR count). The van der Waals surface area contributed by atoms with Gasteiger partial charge in [-0.1, -0.05) is 30.3 Å². The van der Waals surface area contributed by atoms with Crippen molar-refractivity contribution in [1.82, 2.24) is 10.4 Å². The van der Waals surface area contributed by atoms with Crippen molar-refractivity contribution in [3.63, 3.8) is 0 Å². The molecule has 2 aromatic heterocycles. The van der Waals surface area contributed by atoms with Crippen LogP contribution in [-0.2, 0) is 0 Å². The van der Waals surface area contributed by atoms with Gasteiger partial charge in [-0.2, -0.15) is 5.10 Å². The highest BCUT2D eigenvalue weighted by molar-refractivity contribution is 6.13. The predicted molar refractivity (Wildman–Crippen MR) is 87.2 cm³/mol. The Morgan fingerprint density at radius 3 is 2.35 bits per heavy atom. The number of pyridine rings is 1. The molecule has 114 valence electrons. The SMILES string of the molecule is Cc1ccc(C(=O)N/N=C(/c2ccccc2)c2ccncc2)o1. The molecule has 1 amide bonds. The van der Waals surface area contributed by atoms with E-state index in [0.29, 0.717) is 11.5 Å². The van der Waals surface area contributed by atoms with Gasteiger partial charge in [-0.25, -0.2) is 5.43 Å². The van der Waals surface area contributed by atoms with E-state index in [-0.39, 0.29) is 11.7 Å². The van der Waals surface area contributed by atoms with Crippen LogP contribution in [0.1, 0.15) is 27.4 Å². The number of furan rings is 1. The first-order valence-electron chi connectivity index (χ1n) is 7.14. The average Bonchev–Trinajstić information content (AvgIpc) is 3.03. The Morgan fingerprint density at radius 2 is 1.70 bits per heavy atom. The van der Waals surface area contributed by atoms with Gasteiger partial charge < -0.3 is 4.42 Å². The fraction of sp³-hybridized carbons (Fsp3) is 0.0556. The summed E-state index contributed by atoms with van der Waals surface area (Å²) in [5.41, 5.74) is 4.96. The third-order valence-corrected chi connectivity index (χ3v) is 3.23. The molecule has 0 aliphatic carbocycles. The topological polar surface area (TPSA) is 67.5 Å². The van der Waals surface area contributed by atoms with Crippen LogP contribution < -0.4 is 5.43 Å². The molecule has 5 heteroatoms. The Bertz CT molecular complexity index is 782. The highest BCUT2D eigenvalue weighted by atomic mass is 16.3. The Hall–Kier alpha value is -3.21. The lowest BCUT2D eigenvalue weighted by Crippen LogP contribution is -2.20. The van der Waals surface area contributed by atoms with Gasteiger partial charge in [0.05, 0.1) is 5.71 Å². The molecule has 0 atom stereocenters. The van der Waals surface area contributed by atoms with E-state index < -0.39 is 0 Å². The van der Waals surface area contributed by atoms with Gasteiger partial charge in [0.2, 0.25) is 0 Å². The van der Waals surface area contributed by atoms with Crippen LogP contribution in [0.5, 0.6) is 0 Å². The van der Waals surface area contributed by atoms with Gasteiger partial charge in [-0.15, -0.1) is 0 Å². The molecular weight excluding hydrogens is 290 g/mol. The molecular formula is C18H15N3O2. The minimum Gasteiger partial charge on any atom is -0.456 e. The zero-order chi connectivity index (χ0) is 16.1. The third-order valence-electron chi connectivity index (χ3n) is 3.23. The number of rotatable bonds is 4. The molecule has 2 heterocycles. The largest absolute Gasteiger partial charge is 0.456 e. The van der Waals surface area contributed by atoms with Crippen molar-refractivity contribution < 1.29 is 9.21 Å². The molecule has 23 heavy (non-hydrogen) atoms. The van der Waals surface area contributed by atoms with E-state index in [1.807, 2.05) is 42.5 Å². The van der Waals surface area contributed by atoms with Crippen LogP contribution in [0.2, 0.25) is 0 Å². The van der Waals surface area contributed by atoms with Crippen molar-refractivity contribution in [3.05, 3.63) is 89.6 Å². The maximum atomic E-state index is 12.1. The fourth-order valence-corrected chi connectivity index (χ4v) is 2.12. The second kappa shape index (κ2) is 6.70. The van der Waals surface area contributed by atoms with E-state index in [0.717, 1.165) is 11.1 Å². The van der Waals surface area contributed by atoms with Gasteiger partial charge in [0, 0.05) is 23.5 Å². The summed E-state index contributed by atoms with van der Waals surface area (Å²) in [6.45, 7) is 1.78. The lowest BCUT2D eigenvalue weighted by molar-refractivity contribution is 0.0926. The molecule has 0 radical (unpaired) electrons. The third kappa shape index (κ3) is 3.52. The standard InChI is InChI=1S/C18H15N3O2/c1-13-7-8-16(23-13)18(22)21-20-17(14-5-3-2-4-6-14)15-9-11-19-12-10-15/h2-12H,1H3,(H,21,22)/b20-17-. The molecule has 1 N–H and O–H groups in total. The maximum Gasteiger partial charge on any atom is 0.307 e. The quantitative estimate of drug-likeness (QED) is 0.594. The Morgan fingerprint density at radius 1 is 1.00 bits per heavy atom. The molecule has 0 saturated heterocycles. The monoisotopic (exact) mass is 305 g/mol. The molecule has 0 saturated carbocycles. The van der Waals surface area contributed by atoms with Crippen LogP contribution in [-0.4, -0.2) is 16.6 Å². The van der Waals surface area contributed by atoms with E-state index in [1.165, 1.54) is 0 Å². The molecule has 3 aromatic rings. The van der Waals surface area contributed by atoms with Gasteiger partial charge in [-0.3, -0.25) is 9.78 Å². The number of nitrogens with one attached hydrogen (secondary N) is 1. The first-order valence-corrected chi connectivity index (χ1v) is 7.14. The number of hydrogen-bond donors (Lipinski definition) is 1. The first-order chi connectivity index (χ1) is 11.2. The summed E-state index contributed by atoms with van der Waals surface area (Å²) in [5.74, 6) is 0.519. The van der Waals surface area contributed by atoms with Gasteiger partial charge in [0.15, 0.2) is 5.76 Å². The molecule has 0 unspecified atom stereocenters. The maximum absolute atomic E-state index is 12.1. The summed E-state index contributed by atoms with van der Waals surface area (Å²) in [4.78, 5) is 16.1. The van der Waals surface area contributed by atoms with Gasteiger partial charge in [0.1, 0.15) is 5.76 Å². The molecule has 1 aromatic carbocycles. The minimum atomic E-state index is -0.388. The van der Waals surface area contributed by atoms with Crippen molar-refractivity contribution in [2.24, 2.45) is 5.10 Å². The van der Waals surface area contributed by atoms with Crippen molar-refractivity contribution in [3.8, 4) is 0 Å². The second-order valence-corrected chi connectivity index (χ2v) is 4.91. The number of aromatic nitrogens is 1. The smallest absolute Gasteiger partial charge is 0.307 e. The van der Waals surface area contributed by atoms with Crippen LogP contribution in [0, 0.1) is 6.92 Å². The molecule has 0 bridgehead atoms. The number of nitrogens with zero attached hydrogens (tertiary/aromatic N) is 2. The number of amides is 1. The highest BCUT2D eigenvalue weighted by Crippen LogP contribution is 2.10. The van der Waals surface area contributed by atoms with Crippen molar-refractivity contribution in [1.29, 1.82) is 0 Å². The van der Waals surface area contributed by atoms with Gasteiger partial charge in [0.25, 0.3) is 0 Å². The van der Waals surface area contributed by atoms with Crippen LogP contribution in [0.3, 0.4) is 0 Å². The van der Waals surface area contributed by atoms with Gasteiger partial charge in [-0.05, 0) is 31.2 Å². The van der Waals surface area contributed by atoms with E-state index >= 15 is 0 Å². The number of hydrogen-bond acceptors (Lipinski definition) is 4. The van der Waals surface area contributed by atoms with Gasteiger partial charge >= 0.3 is 5.91 Å². The van der Waals surface area contributed by atoms with E-state index in [4.69, 9.17) is 4.42 Å². The summed E-state index contributed by atoms with van der Waals surface area (Å²) in [6, 6.07) is 16.7. The van der Waals surface area contributed by atoms with Crippen LogP contribution >= 0.6 is 0 Å². The lowest BCUT2D eigenvalue weighted by atomic mass is 10.0. The van der Waals surface area contributed by atoms with Crippen LogP contribution in [0.25, 0.3) is 0 Å². The number of aryl methyl sites for hydroxylation is 1. The van der Waals surface area contributed by atoms with E-state index in [1.54, 1.807) is 31.5 Å². The molecule has 0 fully saturated rings. The summed E-state index contributed by atoms with van der Waals surface area (Å²) in [6.07, 6.45) is 3.37. The minimum absolute atomic E-state index is 0.230. The van der Waals surface area contributed by atoms with Crippen molar-refractivity contribution in [2.75, 3.05) is 0 Å². The second-order valence-electron chi connectivity index (χ2n) is 4.91. The average molecular weight is 305 g/mol. The number of hydrazone groups is 1. The first kappa shape index (κ1) is 14.7. The summed E-state index contributed by atoms with van der Waals surface area (Å²) in [7, 11) is 0. The van der Waals surface area contributed by atoms with E-state index in [9.17, 15) is 4.79 Å². The van der Waals surface area contributed by atoms with E-state index in [2.05, 4.69) is 15.5 Å². The molecule has 0 aliphatic rings. The van der Waals surface area contributed by atoms with Crippen molar-refractivity contribution >= 4 is 11.6 Å². The highest BCUT2D eigenvalue weighted by Gasteiger charge is 2.11. The fourth-order valence-electron chi connectivity index (χ4n) is 2.12. The van der Waals surface area contributed by atoms with Crippen LogP contribution in [0.4, 0.5) is 0 Å². The normalized spacial score (nSPS) is 11.3. The number of carbonyl (C=O) groups excluding carboxylic acids is 1. The van der Waals surface area contributed by atoms with Crippen LogP contribution in [0.15, 0.2) is 76.5 Å². The lowest BCUT2D eigenvalue weighted by Gasteiger charge is -2.07. The zero-order valence-electron chi connectivity index (χ0n) is 12.6. The summed E-state index contributed by atoms with van der Waals surface area (Å²) < 4.78 is 5.30.